The molecule has 110 valence electrons. The molecule has 3 heteroatoms. The van der Waals surface area contributed by atoms with E-state index in [4.69, 9.17) is 4.74 Å². The molecule has 22 heavy (non-hydrogen) atoms. The van der Waals surface area contributed by atoms with Crippen LogP contribution in [0.5, 0.6) is 5.75 Å². The predicted octanol–water partition coefficient (Wildman–Crippen LogP) is 4.69. The van der Waals surface area contributed by atoms with Crippen LogP contribution in [0.2, 0.25) is 0 Å². The Morgan fingerprint density at radius 3 is 2.41 bits per heavy atom. The van der Waals surface area contributed by atoms with Crippen LogP contribution in [0, 0.1) is 0 Å². The molecule has 1 atom stereocenters. The van der Waals surface area contributed by atoms with Crippen LogP contribution in [0.15, 0.2) is 72.8 Å². The van der Waals surface area contributed by atoms with Gasteiger partial charge in [0.25, 0.3) is 0 Å². The third-order valence-electron chi connectivity index (χ3n) is 3.58. The largest absolute Gasteiger partial charge is 0.413 e. The summed E-state index contributed by atoms with van der Waals surface area (Å²) in [5, 5.41) is 5.17. The van der Waals surface area contributed by atoms with E-state index in [2.05, 4.69) is 23.5 Å². The Hall–Kier alpha value is -2.81. The molecule has 0 radical (unpaired) electrons. The van der Waals surface area contributed by atoms with E-state index in [1.165, 1.54) is 0 Å². The molecule has 0 saturated heterocycles. The summed E-state index contributed by atoms with van der Waals surface area (Å²) >= 11 is 0. The minimum atomic E-state index is -0.452. The number of hydrogen-bond donors (Lipinski definition) is 1. The number of carbonyl (C=O) groups is 1. The van der Waals surface area contributed by atoms with Gasteiger partial charge < -0.3 is 10.1 Å². The number of ether oxygens (including phenoxy) is 1. The molecule has 3 nitrogen and oxygen atoms in total. The Morgan fingerprint density at radius 1 is 0.909 bits per heavy atom. The fourth-order valence-electron chi connectivity index (χ4n) is 2.51. The fourth-order valence-corrected chi connectivity index (χ4v) is 2.51. The maximum atomic E-state index is 12.0. The van der Waals surface area contributed by atoms with Crippen LogP contribution in [-0.2, 0) is 0 Å². The van der Waals surface area contributed by atoms with Gasteiger partial charge in [-0.3, -0.25) is 0 Å². The van der Waals surface area contributed by atoms with E-state index in [1.54, 1.807) is 12.1 Å². The molecule has 1 N–H and O–H groups in total. The molecule has 0 fully saturated rings. The van der Waals surface area contributed by atoms with Gasteiger partial charge in [-0.25, -0.2) is 4.79 Å². The Labute approximate surface area is 129 Å². The van der Waals surface area contributed by atoms with E-state index in [9.17, 15) is 4.79 Å². The summed E-state index contributed by atoms with van der Waals surface area (Å²) in [6.45, 7) is 1.95. The van der Waals surface area contributed by atoms with Crippen LogP contribution in [0.1, 0.15) is 18.5 Å². The number of para-hydroxylation sites is 1. The van der Waals surface area contributed by atoms with Crippen molar-refractivity contribution in [1.82, 2.24) is 5.32 Å². The minimum absolute atomic E-state index is 0.137. The maximum absolute atomic E-state index is 12.0. The van der Waals surface area contributed by atoms with Crippen molar-refractivity contribution in [3.05, 3.63) is 78.4 Å². The zero-order chi connectivity index (χ0) is 15.4. The van der Waals surface area contributed by atoms with Gasteiger partial charge in [0, 0.05) is 0 Å². The van der Waals surface area contributed by atoms with Crippen LogP contribution in [0.4, 0.5) is 4.79 Å². The molecule has 0 aromatic heterocycles. The van der Waals surface area contributed by atoms with Crippen LogP contribution in [-0.4, -0.2) is 6.09 Å². The average molecular weight is 291 g/mol. The van der Waals surface area contributed by atoms with E-state index < -0.39 is 6.09 Å². The lowest BCUT2D eigenvalue weighted by Gasteiger charge is -2.16. The van der Waals surface area contributed by atoms with Crippen molar-refractivity contribution >= 4 is 16.9 Å². The molecule has 0 aliphatic rings. The van der Waals surface area contributed by atoms with Crippen molar-refractivity contribution in [2.24, 2.45) is 0 Å². The van der Waals surface area contributed by atoms with Gasteiger partial charge in [0.05, 0.1) is 6.04 Å². The number of fused-ring (bicyclic) bond motifs is 1. The lowest BCUT2D eigenvalue weighted by Crippen LogP contribution is -2.29. The van der Waals surface area contributed by atoms with E-state index in [0.717, 1.165) is 16.3 Å². The van der Waals surface area contributed by atoms with Gasteiger partial charge in [-0.15, -0.1) is 0 Å². The van der Waals surface area contributed by atoms with E-state index >= 15 is 0 Å². The molecule has 0 aliphatic heterocycles. The van der Waals surface area contributed by atoms with Gasteiger partial charge in [-0.05, 0) is 35.4 Å². The number of benzene rings is 3. The second-order valence-electron chi connectivity index (χ2n) is 5.14. The first-order valence-electron chi connectivity index (χ1n) is 7.25. The Bertz CT molecular complexity index is 778. The molecule has 3 aromatic carbocycles. The highest BCUT2D eigenvalue weighted by Crippen LogP contribution is 2.24. The van der Waals surface area contributed by atoms with Gasteiger partial charge in [-0.1, -0.05) is 60.7 Å². The van der Waals surface area contributed by atoms with Gasteiger partial charge in [-0.2, -0.15) is 0 Å². The summed E-state index contributed by atoms with van der Waals surface area (Å²) in [5.41, 5.74) is 1.07. The second-order valence-corrected chi connectivity index (χ2v) is 5.14. The molecule has 3 rings (SSSR count). The molecule has 0 saturated carbocycles. The van der Waals surface area contributed by atoms with Crippen molar-refractivity contribution in [1.29, 1.82) is 0 Å². The predicted molar refractivity (Wildman–Crippen MR) is 88.0 cm³/mol. The summed E-state index contributed by atoms with van der Waals surface area (Å²) in [7, 11) is 0. The smallest absolute Gasteiger partial charge is 0.410 e. The van der Waals surface area contributed by atoms with Gasteiger partial charge in [0.15, 0.2) is 0 Å². The molecule has 3 aromatic rings. The van der Waals surface area contributed by atoms with E-state index in [-0.39, 0.29) is 6.04 Å². The topological polar surface area (TPSA) is 38.3 Å². The molecule has 0 spiro atoms. The second kappa shape index (κ2) is 6.31. The minimum Gasteiger partial charge on any atom is -0.410 e. The van der Waals surface area contributed by atoms with Crippen LogP contribution in [0.25, 0.3) is 10.8 Å². The third-order valence-corrected chi connectivity index (χ3v) is 3.58. The number of rotatable bonds is 3. The highest BCUT2D eigenvalue weighted by atomic mass is 16.6. The summed E-state index contributed by atoms with van der Waals surface area (Å²) in [6.07, 6.45) is -0.452. The highest BCUT2D eigenvalue weighted by Gasteiger charge is 2.13. The Balaban J connectivity index is 1.76. The molecule has 0 aliphatic carbocycles. The third kappa shape index (κ3) is 3.09. The number of carbonyl (C=O) groups excluding carboxylic acids is 1. The monoisotopic (exact) mass is 291 g/mol. The first-order chi connectivity index (χ1) is 10.7. The van der Waals surface area contributed by atoms with Crippen LogP contribution < -0.4 is 10.1 Å². The van der Waals surface area contributed by atoms with Gasteiger partial charge in [0.1, 0.15) is 5.75 Å². The first-order valence-corrected chi connectivity index (χ1v) is 7.25. The maximum Gasteiger partial charge on any atom is 0.413 e. The molecular weight excluding hydrogens is 274 g/mol. The van der Waals surface area contributed by atoms with E-state index in [0.29, 0.717) is 5.75 Å². The molecule has 1 amide bonds. The highest BCUT2D eigenvalue weighted by molar-refractivity contribution is 5.86. The Morgan fingerprint density at radius 2 is 1.59 bits per heavy atom. The van der Waals surface area contributed by atoms with Crippen molar-refractivity contribution < 1.29 is 9.53 Å². The van der Waals surface area contributed by atoms with Crippen molar-refractivity contribution in [2.45, 2.75) is 13.0 Å². The zero-order valence-corrected chi connectivity index (χ0v) is 12.3. The summed E-state index contributed by atoms with van der Waals surface area (Å²) < 4.78 is 5.27. The molecule has 0 unspecified atom stereocenters. The first kappa shape index (κ1) is 14.1. The van der Waals surface area contributed by atoms with Crippen molar-refractivity contribution in [2.75, 3.05) is 0 Å². The fraction of sp³-hybridized carbons (Fsp3) is 0.105. The van der Waals surface area contributed by atoms with Gasteiger partial charge >= 0.3 is 6.09 Å². The van der Waals surface area contributed by atoms with Crippen LogP contribution >= 0.6 is 0 Å². The number of nitrogens with one attached hydrogen (secondary N) is 1. The standard InChI is InChI=1S/C19H17NO2/c1-14(20-19(21)22-16-10-3-2-4-11-16)17-13-7-9-15-8-5-6-12-18(15)17/h2-14H,1H3,(H,20,21)/t14-/m0/s1. The quantitative estimate of drug-likeness (QED) is 0.760. The molecule has 0 bridgehead atoms. The summed E-state index contributed by atoms with van der Waals surface area (Å²) in [4.78, 5) is 12.0. The molecule has 0 heterocycles. The van der Waals surface area contributed by atoms with Crippen molar-refractivity contribution in [3.63, 3.8) is 0 Å². The normalized spacial score (nSPS) is 11.9. The number of hydrogen-bond acceptors (Lipinski definition) is 2. The Kier molecular flexibility index (Phi) is 4.05. The summed E-state index contributed by atoms with van der Waals surface area (Å²) in [6, 6.07) is 23.1. The SMILES string of the molecule is C[C@H](NC(=O)Oc1ccccc1)c1cccc2ccccc12. The van der Waals surface area contributed by atoms with E-state index in [1.807, 2.05) is 49.4 Å². The van der Waals surface area contributed by atoms with Crippen LogP contribution in [0.3, 0.4) is 0 Å². The van der Waals surface area contributed by atoms with Crippen molar-refractivity contribution in [3.8, 4) is 5.75 Å². The van der Waals surface area contributed by atoms with Gasteiger partial charge in [0.2, 0.25) is 0 Å². The lowest BCUT2D eigenvalue weighted by atomic mass is 10.00. The lowest BCUT2D eigenvalue weighted by molar-refractivity contribution is 0.197. The summed E-state index contributed by atoms with van der Waals surface area (Å²) in [5.74, 6) is 0.533. The molecular formula is C19H17NO2. The average Bonchev–Trinajstić information content (AvgIpc) is 2.55. The zero-order valence-electron chi connectivity index (χ0n) is 12.3. The number of amides is 1.